The first-order valence-electron chi connectivity index (χ1n) is 8.48. The number of carbonyl (C=O) groups excluding carboxylic acids is 2. The molecule has 28 heavy (non-hydrogen) atoms. The molecule has 3 aromatic rings. The number of halogens is 2. The highest BCUT2D eigenvalue weighted by atomic mass is 35.5. The smallest absolute Gasteiger partial charge is 0.319 e. The lowest BCUT2D eigenvalue weighted by Crippen LogP contribution is -2.41. The fourth-order valence-electron chi connectivity index (χ4n) is 3.17. The molecule has 4 rings (SSSR count). The Morgan fingerprint density at radius 1 is 1.14 bits per heavy atom. The molecule has 1 unspecified atom stereocenters. The highest BCUT2D eigenvalue weighted by molar-refractivity contribution is 7.13. The summed E-state index contributed by atoms with van der Waals surface area (Å²) in [6.07, 6.45) is 0. The summed E-state index contributed by atoms with van der Waals surface area (Å²) in [7, 11) is 0. The van der Waals surface area contributed by atoms with Crippen molar-refractivity contribution < 1.29 is 9.59 Å². The van der Waals surface area contributed by atoms with Crippen molar-refractivity contribution in [3.8, 4) is 10.6 Å². The number of benzene rings is 2. The van der Waals surface area contributed by atoms with Gasteiger partial charge in [-0.3, -0.25) is 9.69 Å². The van der Waals surface area contributed by atoms with Gasteiger partial charge in [0.2, 0.25) is 0 Å². The van der Waals surface area contributed by atoms with Crippen LogP contribution in [0.2, 0.25) is 10.0 Å². The maximum atomic E-state index is 13.1. The second-order valence-electron chi connectivity index (χ2n) is 6.58. The minimum Gasteiger partial charge on any atom is -0.319 e. The van der Waals surface area contributed by atoms with E-state index in [1.165, 1.54) is 11.3 Å². The van der Waals surface area contributed by atoms with E-state index in [2.05, 4.69) is 10.3 Å². The van der Waals surface area contributed by atoms with Gasteiger partial charge >= 0.3 is 6.03 Å². The van der Waals surface area contributed by atoms with E-state index >= 15 is 0 Å². The van der Waals surface area contributed by atoms with E-state index in [1.807, 2.05) is 35.7 Å². The molecular formula is C20H15Cl2N3O2S. The molecule has 1 aliphatic heterocycles. The Bertz CT molecular complexity index is 1070. The highest BCUT2D eigenvalue weighted by Gasteiger charge is 2.50. The third kappa shape index (κ3) is 3.28. The number of urea groups is 1. The van der Waals surface area contributed by atoms with Gasteiger partial charge in [-0.25, -0.2) is 9.78 Å². The summed E-state index contributed by atoms with van der Waals surface area (Å²) in [4.78, 5) is 31.3. The van der Waals surface area contributed by atoms with Gasteiger partial charge in [0.25, 0.3) is 5.91 Å². The molecule has 0 saturated carbocycles. The predicted octanol–water partition coefficient (Wildman–Crippen LogP) is 5.08. The maximum Gasteiger partial charge on any atom is 0.325 e. The van der Waals surface area contributed by atoms with E-state index in [0.717, 1.165) is 15.5 Å². The van der Waals surface area contributed by atoms with Gasteiger partial charge in [-0.1, -0.05) is 59.6 Å². The van der Waals surface area contributed by atoms with Gasteiger partial charge in [0.1, 0.15) is 10.5 Å². The van der Waals surface area contributed by atoms with Gasteiger partial charge in [-0.15, -0.1) is 11.3 Å². The zero-order chi connectivity index (χ0) is 19.9. The Balaban J connectivity index is 1.59. The third-order valence-corrected chi connectivity index (χ3v) is 6.13. The van der Waals surface area contributed by atoms with E-state index < -0.39 is 11.6 Å². The Hall–Kier alpha value is -2.41. The summed E-state index contributed by atoms with van der Waals surface area (Å²) in [5, 5.41) is 6.23. The molecule has 5 nitrogen and oxygen atoms in total. The molecule has 1 saturated heterocycles. The van der Waals surface area contributed by atoms with E-state index in [9.17, 15) is 9.59 Å². The van der Waals surface area contributed by atoms with Gasteiger partial charge in [0.05, 0.1) is 12.2 Å². The lowest BCUT2D eigenvalue weighted by atomic mass is 9.92. The molecule has 0 aliphatic carbocycles. The number of hydrogen-bond acceptors (Lipinski definition) is 4. The second-order valence-corrected chi connectivity index (χ2v) is 8.28. The Morgan fingerprint density at radius 3 is 2.61 bits per heavy atom. The molecule has 0 bridgehead atoms. The molecule has 2 aromatic carbocycles. The topological polar surface area (TPSA) is 62.3 Å². The first kappa shape index (κ1) is 18.9. The normalized spacial score (nSPS) is 19.2. The Labute approximate surface area is 175 Å². The summed E-state index contributed by atoms with van der Waals surface area (Å²) in [5.41, 5.74) is 0.895. The monoisotopic (exact) mass is 431 g/mol. The van der Waals surface area contributed by atoms with Crippen molar-refractivity contribution in [1.29, 1.82) is 0 Å². The second kappa shape index (κ2) is 7.20. The van der Waals surface area contributed by atoms with Crippen LogP contribution in [-0.2, 0) is 16.9 Å². The number of aromatic nitrogens is 1. The number of rotatable bonds is 4. The lowest BCUT2D eigenvalue weighted by Gasteiger charge is -2.23. The van der Waals surface area contributed by atoms with E-state index in [-0.39, 0.29) is 12.5 Å². The van der Waals surface area contributed by atoms with Crippen molar-refractivity contribution >= 4 is 46.5 Å². The van der Waals surface area contributed by atoms with Crippen molar-refractivity contribution in [2.24, 2.45) is 0 Å². The van der Waals surface area contributed by atoms with Gasteiger partial charge in [0.15, 0.2) is 0 Å². The van der Waals surface area contributed by atoms with Crippen LogP contribution >= 0.6 is 34.5 Å². The molecule has 1 aliphatic rings. The predicted molar refractivity (Wildman–Crippen MR) is 110 cm³/mol. The number of carbonyl (C=O) groups is 2. The molecule has 1 N–H and O–H groups in total. The van der Waals surface area contributed by atoms with E-state index in [4.69, 9.17) is 23.2 Å². The average molecular weight is 432 g/mol. The van der Waals surface area contributed by atoms with Crippen molar-refractivity contribution in [3.63, 3.8) is 0 Å². The number of nitrogens with one attached hydrogen (secondary N) is 1. The van der Waals surface area contributed by atoms with Crippen LogP contribution in [0.15, 0.2) is 53.9 Å². The number of imide groups is 1. The molecular weight excluding hydrogens is 417 g/mol. The molecule has 8 heteroatoms. The summed E-state index contributed by atoms with van der Waals surface area (Å²) < 4.78 is 0. The first-order valence-corrected chi connectivity index (χ1v) is 10.1. The minimum absolute atomic E-state index is 0.0921. The van der Waals surface area contributed by atoms with Crippen LogP contribution in [0, 0.1) is 0 Å². The summed E-state index contributed by atoms with van der Waals surface area (Å²) in [6, 6.07) is 14.1. The van der Waals surface area contributed by atoms with Crippen LogP contribution in [0.5, 0.6) is 0 Å². The first-order chi connectivity index (χ1) is 13.4. The average Bonchev–Trinajstić information content (AvgIpc) is 3.22. The van der Waals surface area contributed by atoms with Crippen LogP contribution in [0.4, 0.5) is 4.79 Å². The molecule has 142 valence electrons. The number of hydrogen-bond donors (Lipinski definition) is 1. The SMILES string of the molecule is CC1(c2ccc(Cl)cc2Cl)NC(=O)N(Cc2csc(-c3ccccc3)n2)C1=O. The molecule has 0 spiro atoms. The van der Waals surface area contributed by atoms with Crippen molar-refractivity contribution in [3.05, 3.63) is 75.2 Å². The molecule has 0 radical (unpaired) electrons. The lowest BCUT2D eigenvalue weighted by molar-refractivity contribution is -0.131. The van der Waals surface area contributed by atoms with E-state index in [0.29, 0.717) is 21.3 Å². The fraction of sp³-hybridized carbons (Fsp3) is 0.150. The quantitative estimate of drug-likeness (QED) is 0.585. The summed E-state index contributed by atoms with van der Waals surface area (Å²) >= 11 is 13.7. The molecule has 3 amide bonds. The van der Waals surface area contributed by atoms with Crippen LogP contribution in [-0.4, -0.2) is 21.8 Å². The minimum atomic E-state index is -1.25. The Morgan fingerprint density at radius 2 is 1.89 bits per heavy atom. The van der Waals surface area contributed by atoms with Crippen LogP contribution < -0.4 is 5.32 Å². The maximum absolute atomic E-state index is 13.1. The van der Waals surface area contributed by atoms with Crippen LogP contribution in [0.1, 0.15) is 18.2 Å². The largest absolute Gasteiger partial charge is 0.325 e. The molecule has 2 heterocycles. The Kier molecular flexibility index (Phi) is 4.87. The van der Waals surface area contributed by atoms with E-state index in [1.54, 1.807) is 25.1 Å². The number of thiazole rings is 1. The van der Waals surface area contributed by atoms with Crippen LogP contribution in [0.3, 0.4) is 0 Å². The molecule has 1 aromatic heterocycles. The zero-order valence-electron chi connectivity index (χ0n) is 14.8. The number of amides is 3. The third-order valence-electron chi connectivity index (χ3n) is 4.64. The van der Waals surface area contributed by atoms with Crippen molar-refractivity contribution in [1.82, 2.24) is 15.2 Å². The molecule has 1 atom stereocenters. The molecule has 1 fully saturated rings. The number of nitrogens with zero attached hydrogens (tertiary/aromatic N) is 2. The van der Waals surface area contributed by atoms with Gasteiger partial charge in [0, 0.05) is 26.6 Å². The van der Waals surface area contributed by atoms with Gasteiger partial charge < -0.3 is 5.32 Å². The van der Waals surface area contributed by atoms with Gasteiger partial charge in [-0.2, -0.15) is 0 Å². The van der Waals surface area contributed by atoms with Crippen molar-refractivity contribution in [2.75, 3.05) is 0 Å². The van der Waals surface area contributed by atoms with Gasteiger partial charge in [-0.05, 0) is 19.1 Å². The summed E-state index contributed by atoms with van der Waals surface area (Å²) in [6.45, 7) is 1.73. The summed E-state index contributed by atoms with van der Waals surface area (Å²) in [5.74, 6) is -0.379. The zero-order valence-corrected chi connectivity index (χ0v) is 17.1. The van der Waals surface area contributed by atoms with Crippen molar-refractivity contribution in [2.45, 2.75) is 19.0 Å². The standard InChI is InChI=1S/C20H15Cl2N3O2S/c1-20(15-8-7-13(21)9-16(15)22)18(26)25(19(27)24-20)10-14-11-28-17(23-14)12-5-3-2-4-6-12/h2-9,11H,10H2,1H3,(H,24,27). The fourth-order valence-corrected chi connectivity index (χ4v) is 4.59. The highest BCUT2D eigenvalue weighted by Crippen LogP contribution is 2.35. The van der Waals surface area contributed by atoms with Crippen LogP contribution in [0.25, 0.3) is 10.6 Å².